The van der Waals surface area contributed by atoms with Gasteiger partial charge in [-0.1, -0.05) is 0 Å². The second-order valence-electron chi connectivity index (χ2n) is 5.86. The Morgan fingerprint density at radius 1 is 1.43 bits per heavy atom. The lowest BCUT2D eigenvalue weighted by Crippen LogP contribution is -2.53. The summed E-state index contributed by atoms with van der Waals surface area (Å²) in [5.41, 5.74) is 6.22. The van der Waals surface area contributed by atoms with Gasteiger partial charge in [0.25, 0.3) is 5.91 Å². The molecule has 8 heteroatoms. The van der Waals surface area contributed by atoms with E-state index in [1.807, 2.05) is 13.8 Å². The van der Waals surface area contributed by atoms with E-state index in [-0.39, 0.29) is 23.9 Å². The number of aromatic nitrogens is 3. The van der Waals surface area contributed by atoms with Gasteiger partial charge < -0.3 is 11.1 Å². The summed E-state index contributed by atoms with van der Waals surface area (Å²) in [7, 11) is 0. The third-order valence-corrected chi connectivity index (χ3v) is 5.21. The molecule has 0 aliphatic heterocycles. The molecule has 3 rings (SSSR count). The van der Waals surface area contributed by atoms with Crippen molar-refractivity contribution in [3.8, 4) is 10.8 Å². The lowest BCUT2D eigenvalue weighted by molar-refractivity contribution is 0.0901. The zero-order valence-corrected chi connectivity index (χ0v) is 14.7. The van der Waals surface area contributed by atoms with Crippen molar-refractivity contribution in [1.82, 2.24) is 20.3 Å². The zero-order valence-electron chi connectivity index (χ0n) is 13.1. The number of nitrogens with one attached hydrogen (secondary N) is 1. The molecule has 124 valence electrons. The van der Waals surface area contributed by atoms with Crippen LogP contribution in [0.5, 0.6) is 0 Å². The van der Waals surface area contributed by atoms with E-state index >= 15 is 0 Å². The van der Waals surface area contributed by atoms with Gasteiger partial charge >= 0.3 is 0 Å². The maximum absolute atomic E-state index is 12.6. The van der Waals surface area contributed by atoms with Crippen LogP contribution in [0.1, 0.15) is 35.1 Å². The molecule has 1 aliphatic rings. The smallest absolute Gasteiger partial charge is 0.263 e. The van der Waals surface area contributed by atoms with Crippen molar-refractivity contribution in [2.45, 2.75) is 32.2 Å². The number of aryl methyl sites for hydroxylation is 1. The molecule has 1 aliphatic carbocycles. The molecule has 2 aromatic heterocycles. The Morgan fingerprint density at radius 3 is 2.65 bits per heavy atom. The molecule has 3 N–H and O–H groups in total. The minimum atomic E-state index is -0.336. The molecule has 1 amide bonds. The van der Waals surface area contributed by atoms with Crippen LogP contribution in [0.2, 0.25) is 0 Å². The molecule has 0 aromatic carbocycles. The normalized spacial score (nSPS) is 16.3. The Balaban J connectivity index is 0.00000192. The van der Waals surface area contributed by atoms with Gasteiger partial charge in [-0.2, -0.15) is 0 Å². The van der Waals surface area contributed by atoms with Crippen molar-refractivity contribution in [3.63, 3.8) is 0 Å². The Bertz CT molecular complexity index is 688. The van der Waals surface area contributed by atoms with Gasteiger partial charge in [-0.15, -0.1) is 23.7 Å². The minimum absolute atomic E-state index is 0. The number of carbonyl (C=O) groups is 1. The molecule has 2 aromatic rings. The number of hydrogen-bond donors (Lipinski definition) is 2. The second-order valence-corrected chi connectivity index (χ2v) is 6.86. The van der Waals surface area contributed by atoms with Crippen LogP contribution >= 0.6 is 23.7 Å². The van der Waals surface area contributed by atoms with Crippen molar-refractivity contribution in [2.75, 3.05) is 6.54 Å². The first-order valence-electron chi connectivity index (χ1n) is 7.31. The minimum Gasteiger partial charge on any atom is -0.345 e. The molecule has 2 heterocycles. The molecular weight excluding hydrogens is 334 g/mol. The van der Waals surface area contributed by atoms with Gasteiger partial charge in [0.1, 0.15) is 4.88 Å². The topological polar surface area (TPSA) is 93.8 Å². The summed E-state index contributed by atoms with van der Waals surface area (Å²) < 4.78 is 0. The fraction of sp³-hybridized carbons (Fsp3) is 0.467. The predicted molar refractivity (Wildman–Crippen MR) is 92.8 cm³/mol. The molecular formula is C15H20ClN5OS. The quantitative estimate of drug-likeness (QED) is 0.859. The molecule has 0 spiro atoms. The van der Waals surface area contributed by atoms with E-state index in [1.54, 1.807) is 18.5 Å². The molecule has 0 saturated heterocycles. The van der Waals surface area contributed by atoms with Crippen LogP contribution in [-0.2, 0) is 0 Å². The van der Waals surface area contributed by atoms with Crippen molar-refractivity contribution >= 4 is 29.7 Å². The van der Waals surface area contributed by atoms with Crippen molar-refractivity contribution < 1.29 is 4.79 Å². The lowest BCUT2D eigenvalue weighted by Gasteiger charge is -2.29. The van der Waals surface area contributed by atoms with Gasteiger partial charge in [-0.25, -0.2) is 15.0 Å². The summed E-state index contributed by atoms with van der Waals surface area (Å²) in [6.07, 6.45) is 5.58. The number of nitrogens with zero attached hydrogens (tertiary/aromatic N) is 3. The second kappa shape index (κ2) is 6.90. The highest BCUT2D eigenvalue weighted by Crippen LogP contribution is 2.39. The standard InChI is InChI=1S/C15H19N5OS.ClH/c1-9-11(13(21)20-15(2,8-16)10-4-5-10)22-14(19-9)12-17-6-3-7-18-12;/h3,6-7,10H,4-5,8,16H2,1-2H3,(H,20,21);1H. The van der Waals surface area contributed by atoms with Crippen molar-refractivity contribution in [3.05, 3.63) is 29.0 Å². The van der Waals surface area contributed by atoms with Crippen molar-refractivity contribution in [2.24, 2.45) is 11.7 Å². The first-order valence-corrected chi connectivity index (χ1v) is 8.12. The van der Waals surface area contributed by atoms with Gasteiger partial charge in [0.15, 0.2) is 10.8 Å². The molecule has 0 bridgehead atoms. The largest absolute Gasteiger partial charge is 0.345 e. The number of carbonyl (C=O) groups excluding carboxylic acids is 1. The molecule has 1 saturated carbocycles. The molecule has 6 nitrogen and oxygen atoms in total. The Morgan fingerprint density at radius 2 is 2.09 bits per heavy atom. The third-order valence-electron chi connectivity index (χ3n) is 4.06. The van der Waals surface area contributed by atoms with Crippen LogP contribution in [0.3, 0.4) is 0 Å². The van der Waals surface area contributed by atoms with Gasteiger partial charge in [-0.05, 0) is 38.7 Å². The predicted octanol–water partition coefficient (Wildman–Crippen LogP) is 2.19. The first-order chi connectivity index (χ1) is 10.5. The first kappa shape index (κ1) is 17.8. The molecule has 0 radical (unpaired) electrons. The van der Waals surface area contributed by atoms with Gasteiger partial charge in [0, 0.05) is 18.9 Å². The summed E-state index contributed by atoms with van der Waals surface area (Å²) in [5, 5.41) is 3.75. The summed E-state index contributed by atoms with van der Waals surface area (Å²) in [5.74, 6) is 0.905. The Labute approximate surface area is 145 Å². The van der Waals surface area contributed by atoms with Crippen LogP contribution in [0.15, 0.2) is 18.5 Å². The monoisotopic (exact) mass is 353 g/mol. The molecule has 1 unspecified atom stereocenters. The van der Waals surface area contributed by atoms with E-state index in [4.69, 9.17) is 5.73 Å². The van der Waals surface area contributed by atoms with E-state index in [2.05, 4.69) is 20.3 Å². The average molecular weight is 354 g/mol. The average Bonchev–Trinajstić information content (AvgIpc) is 3.31. The summed E-state index contributed by atoms with van der Waals surface area (Å²) in [6, 6.07) is 1.75. The number of thiazole rings is 1. The van der Waals surface area contributed by atoms with E-state index in [1.165, 1.54) is 11.3 Å². The van der Waals surface area contributed by atoms with E-state index in [9.17, 15) is 4.79 Å². The molecule has 1 fully saturated rings. The van der Waals surface area contributed by atoms with Crippen LogP contribution in [-0.4, -0.2) is 32.9 Å². The van der Waals surface area contributed by atoms with E-state index in [0.29, 0.717) is 33.9 Å². The Kier molecular flexibility index (Phi) is 5.33. The number of rotatable bonds is 5. The number of amides is 1. The zero-order chi connectivity index (χ0) is 15.7. The lowest BCUT2D eigenvalue weighted by atomic mass is 9.96. The highest BCUT2D eigenvalue weighted by molar-refractivity contribution is 7.17. The Hall–Kier alpha value is -1.57. The fourth-order valence-corrected chi connectivity index (χ4v) is 3.38. The van der Waals surface area contributed by atoms with Gasteiger partial charge in [0.05, 0.1) is 11.2 Å². The number of halogens is 1. The van der Waals surface area contributed by atoms with E-state index in [0.717, 1.165) is 12.8 Å². The van der Waals surface area contributed by atoms with Crippen LogP contribution in [0.4, 0.5) is 0 Å². The fourth-order valence-electron chi connectivity index (χ4n) is 2.47. The highest BCUT2D eigenvalue weighted by atomic mass is 35.5. The van der Waals surface area contributed by atoms with Gasteiger partial charge in [0.2, 0.25) is 0 Å². The summed E-state index contributed by atoms with van der Waals surface area (Å²) >= 11 is 1.32. The van der Waals surface area contributed by atoms with Crippen LogP contribution < -0.4 is 11.1 Å². The van der Waals surface area contributed by atoms with Gasteiger partial charge in [-0.3, -0.25) is 4.79 Å². The SMILES string of the molecule is Cc1nc(-c2ncccn2)sc1C(=O)NC(C)(CN)C1CC1.Cl. The van der Waals surface area contributed by atoms with Crippen LogP contribution in [0, 0.1) is 12.8 Å². The maximum atomic E-state index is 12.6. The highest BCUT2D eigenvalue weighted by Gasteiger charge is 2.42. The molecule has 23 heavy (non-hydrogen) atoms. The summed E-state index contributed by atoms with van der Waals surface area (Å²) in [4.78, 5) is 26.0. The third kappa shape index (κ3) is 3.68. The van der Waals surface area contributed by atoms with Crippen molar-refractivity contribution in [1.29, 1.82) is 0 Å². The van der Waals surface area contributed by atoms with Crippen LogP contribution in [0.25, 0.3) is 10.8 Å². The molecule has 1 atom stereocenters. The summed E-state index contributed by atoms with van der Waals surface area (Å²) in [6.45, 7) is 4.28. The number of hydrogen-bond acceptors (Lipinski definition) is 6. The number of nitrogens with two attached hydrogens (primary N) is 1. The van der Waals surface area contributed by atoms with E-state index < -0.39 is 0 Å². The maximum Gasteiger partial charge on any atom is 0.263 e.